The van der Waals surface area contributed by atoms with Crippen LogP contribution in [-0.2, 0) is 0 Å². The molecule has 0 aliphatic carbocycles. The molecule has 1 aromatic heterocycles. The second kappa shape index (κ2) is 6.10. The molecule has 2 N–H and O–H groups in total. The standard InChI is InChI=1S/C14H24N4O/c1-4-11(2)17-7-9-18(10-8-17)13-6-5-12(15)14(16-13)19-3/h5-6,11H,4,7-10,15H2,1-3H3. The minimum absolute atomic E-state index is 0.516. The Kier molecular flexibility index (Phi) is 4.47. The van der Waals surface area contributed by atoms with Crippen LogP contribution in [0.25, 0.3) is 0 Å². The molecule has 1 aliphatic rings. The molecule has 19 heavy (non-hydrogen) atoms. The Labute approximate surface area is 115 Å². The lowest BCUT2D eigenvalue weighted by Gasteiger charge is -2.38. The molecule has 0 amide bonds. The third-order valence-corrected chi connectivity index (χ3v) is 3.92. The van der Waals surface area contributed by atoms with Crippen molar-refractivity contribution in [1.82, 2.24) is 9.88 Å². The molecule has 5 nitrogen and oxygen atoms in total. The van der Waals surface area contributed by atoms with Crippen molar-refractivity contribution < 1.29 is 4.74 Å². The number of pyridine rings is 1. The van der Waals surface area contributed by atoms with Gasteiger partial charge in [-0.25, -0.2) is 0 Å². The number of hydrogen-bond donors (Lipinski definition) is 1. The molecule has 0 saturated carbocycles. The Morgan fingerprint density at radius 3 is 2.58 bits per heavy atom. The van der Waals surface area contributed by atoms with Crippen LogP contribution in [0, 0.1) is 0 Å². The van der Waals surface area contributed by atoms with E-state index >= 15 is 0 Å². The number of methoxy groups -OCH3 is 1. The highest BCUT2D eigenvalue weighted by atomic mass is 16.5. The van der Waals surface area contributed by atoms with Crippen LogP contribution in [0.1, 0.15) is 20.3 Å². The third-order valence-electron chi connectivity index (χ3n) is 3.92. The Hall–Kier alpha value is -1.49. The molecular weight excluding hydrogens is 240 g/mol. The monoisotopic (exact) mass is 264 g/mol. The molecule has 0 bridgehead atoms. The van der Waals surface area contributed by atoms with Crippen LogP contribution in [0.15, 0.2) is 12.1 Å². The normalized spacial score (nSPS) is 18.4. The fourth-order valence-corrected chi connectivity index (χ4v) is 2.43. The van der Waals surface area contributed by atoms with Crippen molar-refractivity contribution in [3.05, 3.63) is 12.1 Å². The lowest BCUT2D eigenvalue weighted by atomic mass is 10.2. The molecule has 1 unspecified atom stereocenters. The van der Waals surface area contributed by atoms with Gasteiger partial charge >= 0.3 is 0 Å². The first-order valence-electron chi connectivity index (χ1n) is 6.95. The zero-order valence-electron chi connectivity index (χ0n) is 12.1. The molecule has 1 saturated heterocycles. The molecular formula is C14H24N4O. The van der Waals surface area contributed by atoms with Gasteiger partial charge in [0.15, 0.2) is 0 Å². The Morgan fingerprint density at radius 2 is 2.00 bits per heavy atom. The third kappa shape index (κ3) is 3.10. The highest BCUT2D eigenvalue weighted by molar-refractivity contribution is 5.54. The number of hydrogen-bond acceptors (Lipinski definition) is 5. The van der Waals surface area contributed by atoms with Crippen LogP contribution in [0.3, 0.4) is 0 Å². The summed E-state index contributed by atoms with van der Waals surface area (Å²) in [6.07, 6.45) is 1.20. The summed E-state index contributed by atoms with van der Waals surface area (Å²) in [4.78, 5) is 9.29. The summed E-state index contributed by atoms with van der Waals surface area (Å²) in [6.45, 7) is 8.71. The van der Waals surface area contributed by atoms with E-state index in [4.69, 9.17) is 10.5 Å². The predicted molar refractivity (Wildman–Crippen MR) is 78.7 cm³/mol. The number of anilines is 2. The maximum Gasteiger partial charge on any atom is 0.238 e. The van der Waals surface area contributed by atoms with E-state index in [0.29, 0.717) is 17.6 Å². The van der Waals surface area contributed by atoms with Gasteiger partial charge in [-0.15, -0.1) is 0 Å². The second-order valence-electron chi connectivity index (χ2n) is 5.05. The number of nitrogen functional groups attached to an aromatic ring is 1. The van der Waals surface area contributed by atoms with E-state index in [2.05, 4.69) is 28.6 Å². The number of nitrogens with zero attached hydrogens (tertiary/aromatic N) is 3. The Morgan fingerprint density at radius 1 is 1.32 bits per heavy atom. The largest absolute Gasteiger partial charge is 0.479 e. The average molecular weight is 264 g/mol. The average Bonchev–Trinajstić information content (AvgIpc) is 2.47. The summed E-state index contributed by atoms with van der Waals surface area (Å²) < 4.78 is 5.18. The van der Waals surface area contributed by atoms with Crippen molar-refractivity contribution in [1.29, 1.82) is 0 Å². The molecule has 1 atom stereocenters. The van der Waals surface area contributed by atoms with Gasteiger partial charge in [0.2, 0.25) is 5.88 Å². The van der Waals surface area contributed by atoms with Crippen LogP contribution in [-0.4, -0.2) is 49.2 Å². The Balaban J connectivity index is 2.01. The minimum Gasteiger partial charge on any atom is -0.479 e. The van der Waals surface area contributed by atoms with E-state index in [9.17, 15) is 0 Å². The number of piperazine rings is 1. The summed E-state index contributed by atoms with van der Waals surface area (Å²) >= 11 is 0. The summed E-state index contributed by atoms with van der Waals surface area (Å²) in [6, 6.07) is 4.50. The van der Waals surface area contributed by atoms with Gasteiger partial charge < -0.3 is 15.4 Å². The van der Waals surface area contributed by atoms with E-state index in [0.717, 1.165) is 32.0 Å². The Bertz CT molecular complexity index is 416. The quantitative estimate of drug-likeness (QED) is 0.895. The number of aromatic nitrogens is 1. The minimum atomic E-state index is 0.516. The topological polar surface area (TPSA) is 54.6 Å². The van der Waals surface area contributed by atoms with Gasteiger partial charge in [0, 0.05) is 32.2 Å². The van der Waals surface area contributed by atoms with Gasteiger partial charge in [-0.2, -0.15) is 4.98 Å². The maximum absolute atomic E-state index is 5.80. The van der Waals surface area contributed by atoms with Gasteiger partial charge in [0.1, 0.15) is 5.82 Å². The smallest absolute Gasteiger partial charge is 0.238 e. The van der Waals surface area contributed by atoms with Crippen LogP contribution in [0.4, 0.5) is 11.5 Å². The van der Waals surface area contributed by atoms with E-state index in [-0.39, 0.29) is 0 Å². The lowest BCUT2D eigenvalue weighted by Crippen LogP contribution is -2.49. The van der Waals surface area contributed by atoms with E-state index in [1.807, 2.05) is 12.1 Å². The summed E-state index contributed by atoms with van der Waals surface area (Å²) in [7, 11) is 1.60. The van der Waals surface area contributed by atoms with Crippen LogP contribution >= 0.6 is 0 Å². The highest BCUT2D eigenvalue weighted by Crippen LogP contribution is 2.23. The predicted octanol–water partition coefficient (Wildman–Crippen LogP) is 1.59. The fourth-order valence-electron chi connectivity index (χ4n) is 2.43. The molecule has 2 heterocycles. The van der Waals surface area contributed by atoms with E-state index in [1.54, 1.807) is 7.11 Å². The van der Waals surface area contributed by atoms with Crippen LogP contribution in [0.5, 0.6) is 5.88 Å². The summed E-state index contributed by atoms with van der Waals surface area (Å²) in [5.41, 5.74) is 6.38. The van der Waals surface area contributed by atoms with Crippen molar-refractivity contribution >= 4 is 11.5 Å². The van der Waals surface area contributed by atoms with Crippen LogP contribution in [0.2, 0.25) is 0 Å². The molecule has 106 valence electrons. The molecule has 2 rings (SSSR count). The number of nitrogens with two attached hydrogens (primary N) is 1. The molecule has 0 spiro atoms. The number of ether oxygens (including phenoxy) is 1. The van der Waals surface area contributed by atoms with Crippen molar-refractivity contribution in [3.8, 4) is 5.88 Å². The fraction of sp³-hybridized carbons (Fsp3) is 0.643. The van der Waals surface area contributed by atoms with Gasteiger partial charge in [-0.1, -0.05) is 6.92 Å². The highest BCUT2D eigenvalue weighted by Gasteiger charge is 2.21. The van der Waals surface area contributed by atoms with E-state index in [1.165, 1.54) is 6.42 Å². The second-order valence-corrected chi connectivity index (χ2v) is 5.05. The summed E-state index contributed by atoms with van der Waals surface area (Å²) in [5, 5.41) is 0. The van der Waals surface area contributed by atoms with E-state index < -0.39 is 0 Å². The SMILES string of the molecule is CCC(C)N1CCN(c2ccc(N)c(OC)n2)CC1. The molecule has 0 aromatic carbocycles. The zero-order chi connectivity index (χ0) is 13.8. The summed E-state index contributed by atoms with van der Waals surface area (Å²) in [5.74, 6) is 1.47. The van der Waals surface area contributed by atoms with Crippen molar-refractivity contribution in [2.24, 2.45) is 0 Å². The molecule has 1 aromatic rings. The molecule has 1 aliphatic heterocycles. The van der Waals surface area contributed by atoms with Crippen LogP contribution < -0.4 is 15.4 Å². The first kappa shape index (κ1) is 13.9. The van der Waals surface area contributed by atoms with Gasteiger partial charge in [-0.3, -0.25) is 4.90 Å². The van der Waals surface area contributed by atoms with Crippen molar-refractivity contribution in [2.45, 2.75) is 26.3 Å². The molecule has 1 fully saturated rings. The number of rotatable bonds is 4. The van der Waals surface area contributed by atoms with Gasteiger partial charge in [-0.05, 0) is 25.5 Å². The zero-order valence-corrected chi connectivity index (χ0v) is 12.1. The lowest BCUT2D eigenvalue weighted by molar-refractivity contribution is 0.192. The molecule has 5 heteroatoms. The van der Waals surface area contributed by atoms with Crippen molar-refractivity contribution in [2.75, 3.05) is 43.9 Å². The van der Waals surface area contributed by atoms with Crippen molar-refractivity contribution in [3.63, 3.8) is 0 Å². The first-order valence-corrected chi connectivity index (χ1v) is 6.95. The van der Waals surface area contributed by atoms with Gasteiger partial charge in [0.25, 0.3) is 0 Å². The maximum atomic E-state index is 5.80. The van der Waals surface area contributed by atoms with Gasteiger partial charge in [0.05, 0.1) is 12.8 Å². The molecule has 0 radical (unpaired) electrons. The first-order chi connectivity index (χ1) is 9.15.